The largest absolute Gasteiger partial charge is 0.484 e. The zero-order chi connectivity index (χ0) is 14.4. The van der Waals surface area contributed by atoms with Crippen LogP contribution in [0, 0.1) is 0 Å². The summed E-state index contributed by atoms with van der Waals surface area (Å²) in [4.78, 5) is 12.4. The van der Waals surface area contributed by atoms with Crippen molar-refractivity contribution in [1.82, 2.24) is 0 Å². The zero-order valence-corrected chi connectivity index (χ0v) is 13.1. The van der Waals surface area contributed by atoms with Crippen molar-refractivity contribution in [1.29, 1.82) is 0 Å². The lowest BCUT2D eigenvalue weighted by atomic mass is 9.92. The molecule has 1 unspecified atom stereocenters. The minimum absolute atomic E-state index is 0.156. The Morgan fingerprint density at radius 1 is 1.05 bits per heavy atom. The highest BCUT2D eigenvalue weighted by atomic mass is 79.9. The first-order valence-corrected chi connectivity index (χ1v) is 8.10. The second kappa shape index (κ2) is 4.99. The highest BCUT2D eigenvalue weighted by Gasteiger charge is 2.33. The minimum atomic E-state index is -0.156. The summed E-state index contributed by atoms with van der Waals surface area (Å²) < 4.78 is 7.07. The van der Waals surface area contributed by atoms with Gasteiger partial charge in [0.25, 0.3) is 0 Å². The lowest BCUT2D eigenvalue weighted by molar-refractivity contribution is 0.0849. The van der Waals surface area contributed by atoms with Gasteiger partial charge in [0, 0.05) is 4.47 Å². The summed E-state index contributed by atoms with van der Waals surface area (Å²) in [5.41, 5.74) is 3.23. The maximum atomic E-state index is 12.4. The van der Waals surface area contributed by atoms with E-state index in [9.17, 15) is 4.79 Å². The van der Waals surface area contributed by atoms with Crippen LogP contribution in [0.3, 0.4) is 0 Å². The van der Waals surface area contributed by atoms with E-state index in [4.69, 9.17) is 4.74 Å². The minimum Gasteiger partial charge on any atom is -0.484 e. The van der Waals surface area contributed by atoms with Crippen LogP contribution in [0.25, 0.3) is 0 Å². The molecule has 3 heteroatoms. The predicted molar refractivity (Wildman–Crippen MR) is 84.9 cm³/mol. The molecule has 1 heterocycles. The second-order valence-corrected chi connectivity index (χ2v) is 6.69. The molecular formula is C18H15BrO2. The molecule has 0 spiro atoms. The fourth-order valence-electron chi connectivity index (χ4n) is 3.04. The molecule has 1 atom stereocenters. The third kappa shape index (κ3) is 2.40. The molecule has 0 saturated heterocycles. The van der Waals surface area contributed by atoms with Crippen LogP contribution in [0.1, 0.15) is 52.8 Å². The van der Waals surface area contributed by atoms with Crippen LogP contribution in [0.2, 0.25) is 0 Å². The number of Topliss-reactive ketones (excluding diaryl/α,β-unsaturated/α-hetero) is 1. The Kier molecular flexibility index (Phi) is 3.11. The second-order valence-electron chi connectivity index (χ2n) is 5.78. The molecule has 2 aromatic rings. The van der Waals surface area contributed by atoms with E-state index in [0.717, 1.165) is 4.47 Å². The van der Waals surface area contributed by atoms with Gasteiger partial charge in [0.1, 0.15) is 11.9 Å². The van der Waals surface area contributed by atoms with Gasteiger partial charge in [-0.3, -0.25) is 4.79 Å². The van der Waals surface area contributed by atoms with Gasteiger partial charge in [-0.05, 0) is 48.1 Å². The summed E-state index contributed by atoms with van der Waals surface area (Å²) in [6, 6.07) is 14.0. The van der Waals surface area contributed by atoms with Gasteiger partial charge < -0.3 is 4.74 Å². The summed E-state index contributed by atoms with van der Waals surface area (Å²) in [7, 11) is 0. The Labute approximate surface area is 132 Å². The summed E-state index contributed by atoms with van der Waals surface area (Å²) in [6.45, 7) is 0. The molecule has 0 aromatic heterocycles. The van der Waals surface area contributed by atoms with Crippen molar-refractivity contribution in [2.75, 3.05) is 0 Å². The molecule has 2 aliphatic rings. The number of fused-ring (bicyclic) bond motifs is 1. The smallest absolute Gasteiger partial charge is 0.170 e. The topological polar surface area (TPSA) is 26.3 Å². The van der Waals surface area contributed by atoms with Gasteiger partial charge in [-0.15, -0.1) is 0 Å². The third-order valence-electron chi connectivity index (χ3n) is 4.24. The molecule has 0 radical (unpaired) electrons. The third-order valence-corrected chi connectivity index (χ3v) is 4.74. The van der Waals surface area contributed by atoms with Crippen molar-refractivity contribution < 1.29 is 9.53 Å². The molecule has 1 aliphatic heterocycles. The van der Waals surface area contributed by atoms with Gasteiger partial charge in [0.2, 0.25) is 0 Å². The van der Waals surface area contributed by atoms with E-state index in [1.54, 1.807) is 0 Å². The number of ether oxygens (including phenoxy) is 1. The summed E-state index contributed by atoms with van der Waals surface area (Å²) in [5.74, 6) is 1.51. The number of hydrogen-bond acceptors (Lipinski definition) is 2. The van der Waals surface area contributed by atoms with Crippen LogP contribution in [0.4, 0.5) is 0 Å². The monoisotopic (exact) mass is 342 g/mol. The number of benzene rings is 2. The fraction of sp³-hybridized carbons (Fsp3) is 0.278. The van der Waals surface area contributed by atoms with Crippen molar-refractivity contribution >= 4 is 21.7 Å². The van der Waals surface area contributed by atoms with Crippen molar-refractivity contribution in [2.45, 2.75) is 31.3 Å². The number of halogens is 1. The van der Waals surface area contributed by atoms with Crippen LogP contribution in [-0.2, 0) is 0 Å². The molecule has 106 valence electrons. The maximum Gasteiger partial charge on any atom is 0.170 e. The van der Waals surface area contributed by atoms with E-state index >= 15 is 0 Å². The maximum absolute atomic E-state index is 12.4. The summed E-state index contributed by atoms with van der Waals surface area (Å²) in [5, 5.41) is 0. The van der Waals surface area contributed by atoms with Crippen LogP contribution in [-0.4, -0.2) is 5.78 Å². The van der Waals surface area contributed by atoms with E-state index in [1.807, 2.05) is 24.3 Å². The predicted octanol–water partition coefficient (Wildman–Crippen LogP) is 5.03. The Morgan fingerprint density at radius 3 is 2.57 bits per heavy atom. The molecule has 0 amide bonds. The standard InChI is InChI=1S/C18H15BrO2/c19-12-7-8-15-16(20)10-18(21-17(15)9-12)14-4-2-1-3-13(14)11-5-6-11/h1-4,7-9,11,18H,5-6,10H2. The Hall–Kier alpha value is -1.61. The first-order valence-electron chi connectivity index (χ1n) is 7.30. The van der Waals surface area contributed by atoms with E-state index in [-0.39, 0.29) is 11.9 Å². The molecule has 4 rings (SSSR count). The van der Waals surface area contributed by atoms with E-state index < -0.39 is 0 Å². The average Bonchev–Trinajstić information content (AvgIpc) is 3.31. The van der Waals surface area contributed by atoms with Crippen molar-refractivity contribution in [2.24, 2.45) is 0 Å². The molecule has 1 aliphatic carbocycles. The first kappa shape index (κ1) is 13.1. The molecular weight excluding hydrogens is 328 g/mol. The highest BCUT2D eigenvalue weighted by Crippen LogP contribution is 2.45. The number of hydrogen-bond donors (Lipinski definition) is 0. The zero-order valence-electron chi connectivity index (χ0n) is 11.5. The quantitative estimate of drug-likeness (QED) is 0.764. The van der Waals surface area contributed by atoms with Crippen molar-refractivity contribution in [3.05, 3.63) is 63.6 Å². The Morgan fingerprint density at radius 2 is 1.81 bits per heavy atom. The lowest BCUT2D eigenvalue weighted by Crippen LogP contribution is -2.21. The molecule has 2 aromatic carbocycles. The van der Waals surface area contributed by atoms with Gasteiger partial charge in [0.15, 0.2) is 5.78 Å². The number of ketones is 1. The lowest BCUT2D eigenvalue weighted by Gasteiger charge is -2.27. The van der Waals surface area contributed by atoms with E-state index in [2.05, 4.69) is 34.1 Å². The molecule has 1 saturated carbocycles. The number of rotatable bonds is 2. The number of carbonyl (C=O) groups excluding carboxylic acids is 1. The molecule has 0 bridgehead atoms. The molecule has 0 N–H and O–H groups in total. The van der Waals surface area contributed by atoms with Crippen LogP contribution in [0.15, 0.2) is 46.9 Å². The number of carbonyl (C=O) groups is 1. The summed E-state index contributed by atoms with van der Waals surface area (Å²) in [6.07, 6.45) is 2.77. The Bertz CT molecular complexity index is 719. The molecule has 21 heavy (non-hydrogen) atoms. The SMILES string of the molecule is O=C1CC(c2ccccc2C2CC2)Oc2cc(Br)ccc21. The van der Waals surface area contributed by atoms with E-state index in [0.29, 0.717) is 23.7 Å². The van der Waals surface area contributed by atoms with Gasteiger partial charge in [-0.2, -0.15) is 0 Å². The van der Waals surface area contributed by atoms with Crippen LogP contribution in [0.5, 0.6) is 5.75 Å². The summed E-state index contributed by atoms with van der Waals surface area (Å²) >= 11 is 3.44. The highest BCUT2D eigenvalue weighted by molar-refractivity contribution is 9.10. The van der Waals surface area contributed by atoms with Crippen LogP contribution < -0.4 is 4.74 Å². The average molecular weight is 343 g/mol. The van der Waals surface area contributed by atoms with E-state index in [1.165, 1.54) is 24.0 Å². The first-order chi connectivity index (χ1) is 10.2. The normalized spacial score (nSPS) is 20.8. The van der Waals surface area contributed by atoms with Crippen molar-refractivity contribution in [3.8, 4) is 5.75 Å². The van der Waals surface area contributed by atoms with Crippen LogP contribution >= 0.6 is 15.9 Å². The van der Waals surface area contributed by atoms with Crippen molar-refractivity contribution in [3.63, 3.8) is 0 Å². The molecule has 2 nitrogen and oxygen atoms in total. The van der Waals surface area contributed by atoms with Gasteiger partial charge in [-0.25, -0.2) is 0 Å². The van der Waals surface area contributed by atoms with Gasteiger partial charge in [-0.1, -0.05) is 40.2 Å². The molecule has 1 fully saturated rings. The van der Waals surface area contributed by atoms with Gasteiger partial charge >= 0.3 is 0 Å². The van der Waals surface area contributed by atoms with Gasteiger partial charge in [0.05, 0.1) is 12.0 Å². The Balaban J connectivity index is 1.73. The fourth-order valence-corrected chi connectivity index (χ4v) is 3.38.